The van der Waals surface area contributed by atoms with Crippen LogP contribution in [0, 0.1) is 11.8 Å². The van der Waals surface area contributed by atoms with Crippen LogP contribution in [0.3, 0.4) is 0 Å². The summed E-state index contributed by atoms with van der Waals surface area (Å²) in [4.78, 5) is 25.8. The summed E-state index contributed by atoms with van der Waals surface area (Å²) in [5.41, 5.74) is -0.238. The number of carbonyl (C=O) groups is 2. The lowest BCUT2D eigenvalue weighted by atomic mass is 9.99. The molecule has 0 saturated carbocycles. The molecular weight excluding hydrogens is 244 g/mol. The molecule has 0 aromatic heterocycles. The van der Waals surface area contributed by atoms with E-state index in [2.05, 4.69) is 5.32 Å². The monoisotopic (exact) mass is 270 g/mol. The standard InChI is InChI=1S/C14H26N2O3/c1-9-7-16(8-11(9)13(18)19-6)10(2)12(17)15-14(3,4)5/h9-11H,7-8H2,1-6H3,(H,15,17). The summed E-state index contributed by atoms with van der Waals surface area (Å²) in [6, 6.07) is -0.226. The highest BCUT2D eigenvalue weighted by Crippen LogP contribution is 2.25. The van der Waals surface area contributed by atoms with E-state index in [1.165, 1.54) is 7.11 Å². The molecule has 5 heteroatoms. The van der Waals surface area contributed by atoms with Gasteiger partial charge in [-0.3, -0.25) is 14.5 Å². The van der Waals surface area contributed by atoms with Crippen LogP contribution in [0.5, 0.6) is 0 Å². The quantitative estimate of drug-likeness (QED) is 0.778. The lowest BCUT2D eigenvalue weighted by Gasteiger charge is -2.28. The van der Waals surface area contributed by atoms with Crippen LogP contribution in [0.1, 0.15) is 34.6 Å². The average Bonchev–Trinajstić information content (AvgIpc) is 2.67. The van der Waals surface area contributed by atoms with Crippen molar-refractivity contribution in [1.29, 1.82) is 0 Å². The van der Waals surface area contributed by atoms with Crippen molar-refractivity contribution in [1.82, 2.24) is 10.2 Å². The predicted molar refractivity (Wildman–Crippen MR) is 73.6 cm³/mol. The second-order valence-electron chi connectivity index (χ2n) is 6.48. The van der Waals surface area contributed by atoms with E-state index in [-0.39, 0.29) is 35.3 Å². The zero-order chi connectivity index (χ0) is 14.8. The molecule has 1 amide bonds. The molecule has 19 heavy (non-hydrogen) atoms. The van der Waals surface area contributed by atoms with Gasteiger partial charge in [-0.05, 0) is 33.6 Å². The van der Waals surface area contributed by atoms with Gasteiger partial charge < -0.3 is 10.1 Å². The predicted octanol–water partition coefficient (Wildman–Crippen LogP) is 1.03. The third kappa shape index (κ3) is 4.20. The molecule has 0 aliphatic carbocycles. The molecule has 1 aliphatic heterocycles. The fourth-order valence-corrected chi connectivity index (χ4v) is 2.42. The number of likely N-dealkylation sites (tertiary alicyclic amines) is 1. The van der Waals surface area contributed by atoms with Crippen molar-refractivity contribution in [3.05, 3.63) is 0 Å². The van der Waals surface area contributed by atoms with Gasteiger partial charge in [-0.25, -0.2) is 0 Å². The van der Waals surface area contributed by atoms with E-state index < -0.39 is 0 Å². The molecule has 1 aliphatic rings. The number of esters is 1. The normalized spacial score (nSPS) is 26.0. The van der Waals surface area contributed by atoms with Crippen molar-refractivity contribution in [2.45, 2.75) is 46.2 Å². The van der Waals surface area contributed by atoms with Crippen molar-refractivity contribution >= 4 is 11.9 Å². The van der Waals surface area contributed by atoms with Crippen molar-refractivity contribution in [2.75, 3.05) is 20.2 Å². The van der Waals surface area contributed by atoms with Crippen LogP contribution in [0.25, 0.3) is 0 Å². The Labute approximate surface area is 115 Å². The summed E-state index contributed by atoms with van der Waals surface area (Å²) < 4.78 is 4.81. The van der Waals surface area contributed by atoms with E-state index >= 15 is 0 Å². The van der Waals surface area contributed by atoms with Gasteiger partial charge in [0.25, 0.3) is 0 Å². The molecule has 1 saturated heterocycles. The molecule has 0 bridgehead atoms. The summed E-state index contributed by atoms with van der Waals surface area (Å²) in [7, 11) is 1.41. The van der Waals surface area contributed by atoms with Gasteiger partial charge >= 0.3 is 5.97 Å². The van der Waals surface area contributed by atoms with E-state index in [4.69, 9.17) is 4.74 Å². The van der Waals surface area contributed by atoms with Crippen LogP contribution >= 0.6 is 0 Å². The fourth-order valence-electron chi connectivity index (χ4n) is 2.42. The molecule has 3 unspecified atom stereocenters. The Morgan fingerprint density at radius 2 is 1.89 bits per heavy atom. The Kier molecular flexibility index (Phi) is 4.96. The van der Waals surface area contributed by atoms with E-state index in [1.54, 1.807) is 0 Å². The Morgan fingerprint density at radius 1 is 1.32 bits per heavy atom. The average molecular weight is 270 g/mol. The molecule has 1 rings (SSSR count). The Morgan fingerprint density at radius 3 is 2.37 bits per heavy atom. The highest BCUT2D eigenvalue weighted by Gasteiger charge is 2.39. The molecule has 1 fully saturated rings. The SMILES string of the molecule is COC(=O)C1CN(C(C)C(=O)NC(C)(C)C)CC1C. The number of hydrogen-bond acceptors (Lipinski definition) is 4. The molecule has 0 aromatic rings. The second kappa shape index (κ2) is 5.90. The van der Waals surface area contributed by atoms with E-state index in [9.17, 15) is 9.59 Å². The minimum atomic E-state index is -0.238. The number of carbonyl (C=O) groups excluding carboxylic acids is 2. The molecule has 5 nitrogen and oxygen atoms in total. The Bertz CT molecular complexity index is 349. The summed E-state index contributed by atoms with van der Waals surface area (Å²) in [5, 5.41) is 2.97. The number of amides is 1. The molecule has 1 N–H and O–H groups in total. The van der Waals surface area contributed by atoms with Crippen molar-refractivity contribution in [2.24, 2.45) is 11.8 Å². The van der Waals surface area contributed by atoms with Gasteiger partial charge in [-0.1, -0.05) is 6.92 Å². The van der Waals surface area contributed by atoms with E-state index in [0.29, 0.717) is 6.54 Å². The van der Waals surface area contributed by atoms with Gasteiger partial charge in [0.15, 0.2) is 0 Å². The summed E-state index contributed by atoms with van der Waals surface area (Å²) in [6.07, 6.45) is 0. The first-order valence-electron chi connectivity index (χ1n) is 6.79. The summed E-state index contributed by atoms with van der Waals surface area (Å²) in [5.74, 6) is -0.0872. The lowest BCUT2D eigenvalue weighted by molar-refractivity contribution is -0.146. The maximum absolute atomic E-state index is 12.1. The number of hydrogen-bond donors (Lipinski definition) is 1. The fraction of sp³-hybridized carbons (Fsp3) is 0.857. The number of rotatable bonds is 3. The van der Waals surface area contributed by atoms with Crippen LogP contribution in [-0.2, 0) is 14.3 Å². The molecule has 0 spiro atoms. The number of ether oxygens (including phenoxy) is 1. The number of nitrogens with one attached hydrogen (secondary N) is 1. The first-order valence-corrected chi connectivity index (χ1v) is 6.79. The molecule has 0 aromatic carbocycles. The largest absolute Gasteiger partial charge is 0.469 e. The van der Waals surface area contributed by atoms with Gasteiger partial charge in [0.1, 0.15) is 0 Å². The van der Waals surface area contributed by atoms with Gasteiger partial charge in [0.05, 0.1) is 19.1 Å². The molecule has 110 valence electrons. The van der Waals surface area contributed by atoms with Gasteiger partial charge in [-0.15, -0.1) is 0 Å². The maximum Gasteiger partial charge on any atom is 0.310 e. The second-order valence-corrected chi connectivity index (χ2v) is 6.48. The third-order valence-electron chi connectivity index (χ3n) is 3.57. The first kappa shape index (κ1) is 16.0. The van der Waals surface area contributed by atoms with Crippen LogP contribution < -0.4 is 5.32 Å². The van der Waals surface area contributed by atoms with Crippen LogP contribution in [0.15, 0.2) is 0 Å². The zero-order valence-electron chi connectivity index (χ0n) is 12.8. The summed E-state index contributed by atoms with van der Waals surface area (Å²) >= 11 is 0. The van der Waals surface area contributed by atoms with E-state index in [0.717, 1.165) is 6.54 Å². The Balaban J connectivity index is 2.63. The number of nitrogens with zero attached hydrogens (tertiary/aromatic N) is 1. The highest BCUT2D eigenvalue weighted by atomic mass is 16.5. The zero-order valence-corrected chi connectivity index (χ0v) is 12.8. The van der Waals surface area contributed by atoms with E-state index in [1.807, 2.05) is 39.5 Å². The van der Waals surface area contributed by atoms with Gasteiger partial charge in [0, 0.05) is 18.6 Å². The smallest absolute Gasteiger partial charge is 0.310 e. The van der Waals surface area contributed by atoms with Crippen molar-refractivity contribution in [3.8, 4) is 0 Å². The summed E-state index contributed by atoms with van der Waals surface area (Å²) in [6.45, 7) is 11.1. The van der Waals surface area contributed by atoms with Crippen LogP contribution in [-0.4, -0.2) is 48.6 Å². The van der Waals surface area contributed by atoms with Gasteiger partial charge in [-0.2, -0.15) is 0 Å². The van der Waals surface area contributed by atoms with Gasteiger partial charge in [0.2, 0.25) is 5.91 Å². The minimum Gasteiger partial charge on any atom is -0.469 e. The van der Waals surface area contributed by atoms with Crippen LogP contribution in [0.2, 0.25) is 0 Å². The number of methoxy groups -OCH3 is 1. The topological polar surface area (TPSA) is 58.6 Å². The minimum absolute atomic E-state index is 0.00483. The molecule has 3 atom stereocenters. The molecule has 0 radical (unpaired) electrons. The van der Waals surface area contributed by atoms with Crippen molar-refractivity contribution in [3.63, 3.8) is 0 Å². The third-order valence-corrected chi connectivity index (χ3v) is 3.57. The highest BCUT2D eigenvalue weighted by molar-refractivity contribution is 5.82. The van der Waals surface area contributed by atoms with Crippen molar-refractivity contribution < 1.29 is 14.3 Å². The maximum atomic E-state index is 12.1. The lowest BCUT2D eigenvalue weighted by Crippen LogP contribution is -2.50. The first-order chi connectivity index (χ1) is 8.65. The molecular formula is C14H26N2O3. The Hall–Kier alpha value is -1.10. The molecule has 1 heterocycles. The van der Waals surface area contributed by atoms with Crippen LogP contribution in [0.4, 0.5) is 0 Å².